The highest BCUT2D eigenvalue weighted by Gasteiger charge is 2.18. The van der Waals surface area contributed by atoms with E-state index in [1.165, 1.54) is 5.56 Å². The molecule has 0 saturated carbocycles. The van der Waals surface area contributed by atoms with E-state index in [9.17, 15) is 4.79 Å². The summed E-state index contributed by atoms with van der Waals surface area (Å²) in [4.78, 5) is 11.8. The van der Waals surface area contributed by atoms with Crippen LogP contribution >= 0.6 is 11.6 Å². The molecule has 1 amide bonds. The SMILES string of the molecule is CC(C)(CCCCl)CNC(=O)CCc1ccccc1. The van der Waals surface area contributed by atoms with Crippen molar-refractivity contribution in [1.82, 2.24) is 5.32 Å². The molecule has 0 aliphatic carbocycles. The maximum atomic E-state index is 11.8. The average Bonchev–Trinajstić information content (AvgIpc) is 2.42. The first-order valence-electron chi connectivity index (χ1n) is 6.90. The van der Waals surface area contributed by atoms with Crippen LogP contribution in [0.25, 0.3) is 0 Å². The van der Waals surface area contributed by atoms with E-state index < -0.39 is 0 Å². The average molecular weight is 282 g/mol. The van der Waals surface area contributed by atoms with Crippen LogP contribution in [0.15, 0.2) is 30.3 Å². The number of rotatable bonds is 8. The topological polar surface area (TPSA) is 29.1 Å². The summed E-state index contributed by atoms with van der Waals surface area (Å²) in [7, 11) is 0. The quantitative estimate of drug-likeness (QED) is 0.722. The fraction of sp³-hybridized carbons (Fsp3) is 0.562. The van der Waals surface area contributed by atoms with Gasteiger partial charge in [0.05, 0.1) is 0 Å². The number of halogens is 1. The van der Waals surface area contributed by atoms with Crippen LogP contribution in [-0.4, -0.2) is 18.3 Å². The Labute approximate surface area is 121 Å². The van der Waals surface area contributed by atoms with Gasteiger partial charge >= 0.3 is 0 Å². The Morgan fingerprint density at radius 1 is 1.26 bits per heavy atom. The number of carbonyl (C=O) groups is 1. The van der Waals surface area contributed by atoms with Crippen LogP contribution in [0.3, 0.4) is 0 Å². The van der Waals surface area contributed by atoms with Gasteiger partial charge in [0.1, 0.15) is 0 Å². The summed E-state index contributed by atoms with van der Waals surface area (Å²) in [5.41, 5.74) is 1.33. The van der Waals surface area contributed by atoms with E-state index in [-0.39, 0.29) is 11.3 Å². The highest BCUT2D eigenvalue weighted by molar-refractivity contribution is 6.17. The standard InChI is InChI=1S/C16H24ClNO/c1-16(2,11-6-12-17)13-18-15(19)10-9-14-7-4-3-5-8-14/h3-5,7-8H,6,9-13H2,1-2H3,(H,18,19). The summed E-state index contributed by atoms with van der Waals surface area (Å²) in [6.45, 7) is 5.05. The van der Waals surface area contributed by atoms with Crippen LogP contribution in [0.5, 0.6) is 0 Å². The van der Waals surface area contributed by atoms with Gasteiger partial charge in [-0.25, -0.2) is 0 Å². The van der Waals surface area contributed by atoms with Crippen LogP contribution in [0.1, 0.15) is 38.7 Å². The first kappa shape index (κ1) is 16.0. The van der Waals surface area contributed by atoms with Crippen LogP contribution in [0.4, 0.5) is 0 Å². The minimum Gasteiger partial charge on any atom is -0.356 e. The Morgan fingerprint density at radius 3 is 2.58 bits per heavy atom. The number of aryl methyl sites for hydroxylation is 1. The van der Waals surface area contributed by atoms with E-state index in [0.29, 0.717) is 12.3 Å². The molecule has 0 bridgehead atoms. The molecule has 0 heterocycles. The monoisotopic (exact) mass is 281 g/mol. The lowest BCUT2D eigenvalue weighted by atomic mass is 9.88. The third-order valence-corrected chi connectivity index (χ3v) is 3.50. The van der Waals surface area contributed by atoms with Gasteiger partial charge in [-0.3, -0.25) is 4.79 Å². The summed E-state index contributed by atoms with van der Waals surface area (Å²) in [6, 6.07) is 10.1. The Hall–Kier alpha value is -1.02. The maximum Gasteiger partial charge on any atom is 0.220 e. The van der Waals surface area contributed by atoms with Gasteiger partial charge in [-0.2, -0.15) is 0 Å². The zero-order valence-electron chi connectivity index (χ0n) is 11.9. The molecule has 0 aliphatic rings. The van der Waals surface area contributed by atoms with Crippen molar-refractivity contribution in [3.05, 3.63) is 35.9 Å². The van der Waals surface area contributed by atoms with E-state index in [1.807, 2.05) is 18.2 Å². The predicted octanol–water partition coefficient (Wildman–Crippen LogP) is 3.78. The maximum absolute atomic E-state index is 11.8. The zero-order valence-corrected chi connectivity index (χ0v) is 12.7. The largest absolute Gasteiger partial charge is 0.356 e. The summed E-state index contributed by atoms with van der Waals surface area (Å²) in [5, 5.41) is 3.02. The zero-order chi connectivity index (χ0) is 14.1. The van der Waals surface area contributed by atoms with E-state index in [1.54, 1.807) is 0 Å². The molecule has 3 heteroatoms. The first-order valence-corrected chi connectivity index (χ1v) is 7.43. The second-order valence-corrected chi connectivity index (χ2v) is 6.10. The fourth-order valence-corrected chi connectivity index (χ4v) is 2.10. The number of carbonyl (C=O) groups excluding carboxylic acids is 1. The fourth-order valence-electron chi connectivity index (χ4n) is 1.96. The molecule has 0 aliphatic heterocycles. The molecule has 1 aromatic carbocycles. The molecule has 0 unspecified atom stereocenters. The summed E-state index contributed by atoms with van der Waals surface area (Å²) in [5.74, 6) is 0.813. The van der Waals surface area contributed by atoms with Gasteiger partial charge < -0.3 is 5.32 Å². The summed E-state index contributed by atoms with van der Waals surface area (Å²) < 4.78 is 0. The number of nitrogens with one attached hydrogen (secondary N) is 1. The number of alkyl halides is 1. The second-order valence-electron chi connectivity index (χ2n) is 5.72. The highest BCUT2D eigenvalue weighted by atomic mass is 35.5. The molecule has 0 fully saturated rings. The van der Waals surface area contributed by atoms with Crippen molar-refractivity contribution in [3.8, 4) is 0 Å². The van der Waals surface area contributed by atoms with Crippen molar-refractivity contribution in [2.45, 2.75) is 39.5 Å². The molecule has 1 N–H and O–H groups in total. The number of benzene rings is 1. The van der Waals surface area contributed by atoms with Crippen molar-refractivity contribution >= 4 is 17.5 Å². The van der Waals surface area contributed by atoms with Crippen LogP contribution in [0.2, 0.25) is 0 Å². The minimum atomic E-state index is 0.122. The van der Waals surface area contributed by atoms with E-state index in [0.717, 1.165) is 25.8 Å². The van der Waals surface area contributed by atoms with Gasteiger partial charge in [-0.05, 0) is 30.2 Å². The third kappa shape index (κ3) is 7.22. The first-order chi connectivity index (χ1) is 9.03. The Morgan fingerprint density at radius 2 is 1.95 bits per heavy atom. The highest BCUT2D eigenvalue weighted by Crippen LogP contribution is 2.21. The molecule has 2 nitrogen and oxygen atoms in total. The molecule has 1 aromatic rings. The van der Waals surface area contributed by atoms with Crippen molar-refractivity contribution in [2.75, 3.05) is 12.4 Å². The van der Waals surface area contributed by atoms with Crippen molar-refractivity contribution in [2.24, 2.45) is 5.41 Å². The number of hydrogen-bond donors (Lipinski definition) is 1. The molecule has 0 atom stereocenters. The number of amides is 1. The summed E-state index contributed by atoms with van der Waals surface area (Å²) in [6.07, 6.45) is 3.38. The third-order valence-electron chi connectivity index (χ3n) is 3.23. The molecular weight excluding hydrogens is 258 g/mol. The lowest BCUT2D eigenvalue weighted by Gasteiger charge is -2.24. The Bertz CT molecular complexity index is 376. The van der Waals surface area contributed by atoms with Crippen molar-refractivity contribution in [1.29, 1.82) is 0 Å². The summed E-state index contributed by atoms with van der Waals surface area (Å²) >= 11 is 5.70. The molecule has 106 valence electrons. The molecule has 0 saturated heterocycles. The van der Waals surface area contributed by atoms with Gasteiger partial charge in [0.25, 0.3) is 0 Å². The van der Waals surface area contributed by atoms with Crippen LogP contribution < -0.4 is 5.32 Å². The van der Waals surface area contributed by atoms with Gasteiger partial charge in [0.2, 0.25) is 5.91 Å². The molecule has 0 spiro atoms. The van der Waals surface area contributed by atoms with Gasteiger partial charge in [0.15, 0.2) is 0 Å². The van der Waals surface area contributed by atoms with Crippen LogP contribution in [-0.2, 0) is 11.2 Å². The molecule has 19 heavy (non-hydrogen) atoms. The van der Waals surface area contributed by atoms with Crippen LogP contribution in [0, 0.1) is 5.41 Å². The lowest BCUT2D eigenvalue weighted by molar-refractivity contribution is -0.121. The molecule has 0 radical (unpaired) electrons. The van der Waals surface area contributed by atoms with Crippen molar-refractivity contribution in [3.63, 3.8) is 0 Å². The normalized spacial score (nSPS) is 11.3. The van der Waals surface area contributed by atoms with E-state index >= 15 is 0 Å². The molecule has 1 rings (SSSR count). The Balaban J connectivity index is 2.24. The van der Waals surface area contributed by atoms with E-state index in [4.69, 9.17) is 11.6 Å². The number of hydrogen-bond acceptors (Lipinski definition) is 1. The smallest absolute Gasteiger partial charge is 0.220 e. The predicted molar refractivity (Wildman–Crippen MR) is 81.5 cm³/mol. The minimum absolute atomic E-state index is 0.122. The van der Waals surface area contributed by atoms with Crippen molar-refractivity contribution < 1.29 is 4.79 Å². The molecule has 0 aromatic heterocycles. The van der Waals surface area contributed by atoms with Gasteiger partial charge in [-0.15, -0.1) is 11.6 Å². The second kappa shape index (κ2) is 8.21. The lowest BCUT2D eigenvalue weighted by Crippen LogP contribution is -2.34. The molecular formula is C16H24ClNO. The van der Waals surface area contributed by atoms with Gasteiger partial charge in [0, 0.05) is 18.8 Å². The Kier molecular flexibility index (Phi) is 6.93. The van der Waals surface area contributed by atoms with Gasteiger partial charge in [-0.1, -0.05) is 44.2 Å². The van der Waals surface area contributed by atoms with E-state index in [2.05, 4.69) is 31.3 Å².